The van der Waals surface area contributed by atoms with Gasteiger partial charge < -0.3 is 5.32 Å². The van der Waals surface area contributed by atoms with E-state index in [1.165, 1.54) is 45.3 Å². The van der Waals surface area contributed by atoms with Gasteiger partial charge in [0.1, 0.15) is 0 Å². The summed E-state index contributed by atoms with van der Waals surface area (Å²) in [6, 6.07) is 0.722. The third-order valence-corrected chi connectivity index (χ3v) is 4.69. The van der Waals surface area contributed by atoms with Crippen LogP contribution in [0.1, 0.15) is 67.2 Å². The normalized spacial score (nSPS) is 26.0. The van der Waals surface area contributed by atoms with Crippen molar-refractivity contribution in [2.24, 2.45) is 5.41 Å². The molecule has 1 fully saturated rings. The topological polar surface area (TPSA) is 15.3 Å². The molecule has 18 heavy (non-hydrogen) atoms. The molecule has 1 saturated heterocycles. The van der Waals surface area contributed by atoms with Gasteiger partial charge in [-0.25, -0.2) is 0 Å². The zero-order chi connectivity index (χ0) is 13.8. The smallest absolute Gasteiger partial charge is 0.0303 e. The Labute approximate surface area is 115 Å². The minimum absolute atomic E-state index is 0.350. The number of nitrogens with zero attached hydrogens (tertiary/aromatic N) is 1. The fourth-order valence-corrected chi connectivity index (χ4v) is 2.83. The van der Waals surface area contributed by atoms with Crippen molar-refractivity contribution in [3.63, 3.8) is 0 Å². The van der Waals surface area contributed by atoms with Crippen LogP contribution in [0.3, 0.4) is 0 Å². The quantitative estimate of drug-likeness (QED) is 0.823. The Morgan fingerprint density at radius 2 is 1.83 bits per heavy atom. The van der Waals surface area contributed by atoms with E-state index in [0.29, 0.717) is 11.0 Å². The Morgan fingerprint density at radius 1 is 1.22 bits per heavy atom. The predicted octanol–water partition coefficient (Wildman–Crippen LogP) is 3.67. The maximum Gasteiger partial charge on any atom is 0.0303 e. The maximum absolute atomic E-state index is 3.81. The van der Waals surface area contributed by atoms with Gasteiger partial charge in [-0.2, -0.15) is 0 Å². The molecule has 0 bridgehead atoms. The lowest BCUT2D eigenvalue weighted by atomic mass is 9.90. The minimum Gasteiger partial charge on any atom is -0.310 e. The van der Waals surface area contributed by atoms with Crippen LogP contribution in [0.25, 0.3) is 0 Å². The Bertz CT molecular complexity index is 238. The molecule has 0 amide bonds. The van der Waals surface area contributed by atoms with E-state index in [0.717, 1.165) is 6.04 Å². The van der Waals surface area contributed by atoms with E-state index in [1.54, 1.807) is 0 Å². The Kier molecular flexibility index (Phi) is 5.67. The number of rotatable bonds is 4. The molecule has 0 saturated carbocycles. The number of hydrogen-bond acceptors (Lipinski definition) is 2. The Balaban J connectivity index is 2.67. The fraction of sp³-hybridized carbons (Fsp3) is 1.00. The van der Waals surface area contributed by atoms with Crippen LogP contribution in [0.2, 0.25) is 0 Å². The van der Waals surface area contributed by atoms with Crippen LogP contribution in [0.5, 0.6) is 0 Å². The number of hydrogen-bond donors (Lipinski definition) is 1. The molecule has 2 nitrogen and oxygen atoms in total. The summed E-state index contributed by atoms with van der Waals surface area (Å²) < 4.78 is 0. The van der Waals surface area contributed by atoms with Crippen LogP contribution in [0.4, 0.5) is 0 Å². The van der Waals surface area contributed by atoms with E-state index in [9.17, 15) is 0 Å². The van der Waals surface area contributed by atoms with Crippen molar-refractivity contribution in [3.8, 4) is 0 Å². The first-order valence-electron chi connectivity index (χ1n) is 7.81. The molecular formula is C16H34N2. The van der Waals surface area contributed by atoms with Gasteiger partial charge in [0.15, 0.2) is 0 Å². The lowest BCUT2D eigenvalue weighted by molar-refractivity contribution is 0.141. The van der Waals surface area contributed by atoms with Crippen molar-refractivity contribution in [1.29, 1.82) is 0 Å². The molecule has 1 aliphatic rings. The molecule has 2 heteroatoms. The second-order valence-electron chi connectivity index (χ2n) is 7.33. The standard InChI is InChI=1S/C16H34N2/c1-7-16(8-2)13-18(12-10-15(4,5)6)14(3)9-11-17-16/h14,17H,7-13H2,1-6H3. The highest BCUT2D eigenvalue weighted by Gasteiger charge is 2.33. The summed E-state index contributed by atoms with van der Waals surface area (Å²) in [6.07, 6.45) is 5.05. The van der Waals surface area contributed by atoms with Crippen molar-refractivity contribution in [3.05, 3.63) is 0 Å². The summed E-state index contributed by atoms with van der Waals surface area (Å²) in [6.45, 7) is 17.7. The van der Waals surface area contributed by atoms with Crippen LogP contribution in [0.15, 0.2) is 0 Å². The van der Waals surface area contributed by atoms with E-state index in [1.807, 2.05) is 0 Å². The lowest BCUT2D eigenvalue weighted by Gasteiger charge is -2.38. The van der Waals surface area contributed by atoms with E-state index >= 15 is 0 Å². The van der Waals surface area contributed by atoms with E-state index in [4.69, 9.17) is 0 Å². The first-order valence-corrected chi connectivity index (χ1v) is 7.81. The van der Waals surface area contributed by atoms with E-state index in [-0.39, 0.29) is 0 Å². The van der Waals surface area contributed by atoms with Gasteiger partial charge in [-0.1, -0.05) is 34.6 Å². The van der Waals surface area contributed by atoms with Crippen molar-refractivity contribution < 1.29 is 0 Å². The Morgan fingerprint density at radius 3 is 2.33 bits per heavy atom. The van der Waals surface area contributed by atoms with E-state index in [2.05, 4.69) is 51.8 Å². The highest BCUT2D eigenvalue weighted by atomic mass is 15.2. The van der Waals surface area contributed by atoms with Gasteiger partial charge in [0.2, 0.25) is 0 Å². The zero-order valence-corrected chi connectivity index (χ0v) is 13.5. The molecule has 1 heterocycles. The van der Waals surface area contributed by atoms with E-state index < -0.39 is 0 Å². The monoisotopic (exact) mass is 254 g/mol. The summed E-state index contributed by atoms with van der Waals surface area (Å²) in [5, 5.41) is 3.81. The molecule has 0 aromatic carbocycles. The van der Waals surface area contributed by atoms with Crippen molar-refractivity contribution in [1.82, 2.24) is 10.2 Å². The van der Waals surface area contributed by atoms with Crippen LogP contribution < -0.4 is 5.32 Å². The highest BCUT2D eigenvalue weighted by molar-refractivity contribution is 4.93. The third kappa shape index (κ3) is 4.55. The number of nitrogens with one attached hydrogen (secondary N) is 1. The van der Waals surface area contributed by atoms with Gasteiger partial charge in [0, 0.05) is 18.1 Å². The molecule has 0 spiro atoms. The molecule has 0 aliphatic carbocycles. The lowest BCUT2D eigenvalue weighted by Crippen LogP contribution is -2.51. The molecule has 1 unspecified atom stereocenters. The van der Waals surface area contributed by atoms with Crippen molar-refractivity contribution >= 4 is 0 Å². The summed E-state index contributed by atoms with van der Waals surface area (Å²) in [5.41, 5.74) is 0.795. The largest absolute Gasteiger partial charge is 0.310 e. The molecule has 1 atom stereocenters. The molecule has 1 aliphatic heterocycles. The van der Waals surface area contributed by atoms with Gasteiger partial charge in [0.05, 0.1) is 0 Å². The summed E-state index contributed by atoms with van der Waals surface area (Å²) in [5.74, 6) is 0. The molecule has 0 aromatic rings. The molecule has 1 N–H and O–H groups in total. The Hall–Kier alpha value is -0.0800. The highest BCUT2D eigenvalue weighted by Crippen LogP contribution is 2.25. The average Bonchev–Trinajstić information content (AvgIpc) is 2.46. The van der Waals surface area contributed by atoms with Crippen LogP contribution in [-0.4, -0.2) is 36.1 Å². The first kappa shape index (κ1) is 16.0. The summed E-state index contributed by atoms with van der Waals surface area (Å²) in [7, 11) is 0. The fourth-order valence-electron chi connectivity index (χ4n) is 2.83. The molecular weight excluding hydrogens is 220 g/mol. The second kappa shape index (κ2) is 6.38. The van der Waals surface area contributed by atoms with Crippen LogP contribution >= 0.6 is 0 Å². The zero-order valence-electron chi connectivity index (χ0n) is 13.5. The molecule has 108 valence electrons. The van der Waals surface area contributed by atoms with Gasteiger partial charge in [-0.15, -0.1) is 0 Å². The van der Waals surface area contributed by atoms with Crippen molar-refractivity contribution in [2.45, 2.75) is 78.8 Å². The van der Waals surface area contributed by atoms with Gasteiger partial charge in [-0.3, -0.25) is 4.90 Å². The molecule has 0 radical (unpaired) electrons. The SMILES string of the molecule is CCC1(CC)CN(CCC(C)(C)C)C(C)CCN1. The van der Waals surface area contributed by atoms with Gasteiger partial charge >= 0.3 is 0 Å². The van der Waals surface area contributed by atoms with Crippen molar-refractivity contribution in [2.75, 3.05) is 19.6 Å². The van der Waals surface area contributed by atoms with Gasteiger partial charge in [0.25, 0.3) is 0 Å². The summed E-state index contributed by atoms with van der Waals surface area (Å²) in [4.78, 5) is 2.72. The average molecular weight is 254 g/mol. The maximum atomic E-state index is 3.81. The molecule has 1 rings (SSSR count). The third-order valence-electron chi connectivity index (χ3n) is 4.69. The summed E-state index contributed by atoms with van der Waals surface area (Å²) >= 11 is 0. The van der Waals surface area contributed by atoms with Crippen LogP contribution in [0, 0.1) is 5.41 Å². The molecule has 0 aromatic heterocycles. The minimum atomic E-state index is 0.350. The first-order chi connectivity index (χ1) is 8.32. The predicted molar refractivity (Wildman–Crippen MR) is 81.0 cm³/mol. The second-order valence-corrected chi connectivity index (χ2v) is 7.33. The van der Waals surface area contributed by atoms with Gasteiger partial charge in [-0.05, 0) is 51.1 Å². The van der Waals surface area contributed by atoms with Crippen LogP contribution in [-0.2, 0) is 0 Å².